The largest absolute Gasteiger partial charge is 0.489 e. The van der Waals surface area contributed by atoms with Gasteiger partial charge in [-0.2, -0.15) is 0 Å². The van der Waals surface area contributed by atoms with Gasteiger partial charge in [0, 0.05) is 18.3 Å². The summed E-state index contributed by atoms with van der Waals surface area (Å²) in [6.45, 7) is 1.69. The lowest BCUT2D eigenvalue weighted by Gasteiger charge is -2.18. The van der Waals surface area contributed by atoms with Crippen LogP contribution in [0, 0.1) is 0 Å². The van der Waals surface area contributed by atoms with Gasteiger partial charge in [0.1, 0.15) is 12.4 Å². The SMILES string of the molecule is c1ccc(COc2ccc3c(c2)NCCC3)cc1. The number of aryl methyl sites for hydroxylation is 1. The van der Waals surface area contributed by atoms with Gasteiger partial charge in [-0.1, -0.05) is 36.4 Å². The van der Waals surface area contributed by atoms with Gasteiger partial charge in [0.15, 0.2) is 0 Å². The fraction of sp³-hybridized carbons (Fsp3) is 0.250. The molecule has 2 heteroatoms. The van der Waals surface area contributed by atoms with Crippen LogP contribution in [0.4, 0.5) is 5.69 Å². The summed E-state index contributed by atoms with van der Waals surface area (Å²) in [6, 6.07) is 16.6. The van der Waals surface area contributed by atoms with Crippen molar-refractivity contribution >= 4 is 5.69 Å². The summed E-state index contributed by atoms with van der Waals surface area (Å²) >= 11 is 0. The first-order valence-electron chi connectivity index (χ1n) is 6.45. The summed E-state index contributed by atoms with van der Waals surface area (Å²) in [5, 5.41) is 3.42. The van der Waals surface area contributed by atoms with Crippen molar-refractivity contribution in [2.75, 3.05) is 11.9 Å². The highest BCUT2D eigenvalue weighted by molar-refractivity contribution is 5.56. The van der Waals surface area contributed by atoms with E-state index in [-0.39, 0.29) is 0 Å². The molecular formula is C16H17NO. The van der Waals surface area contributed by atoms with E-state index in [1.165, 1.54) is 29.7 Å². The molecule has 0 amide bonds. The van der Waals surface area contributed by atoms with Crippen molar-refractivity contribution in [3.8, 4) is 5.75 Å². The topological polar surface area (TPSA) is 21.3 Å². The number of rotatable bonds is 3. The third kappa shape index (κ3) is 2.48. The van der Waals surface area contributed by atoms with Crippen LogP contribution in [0.5, 0.6) is 5.75 Å². The molecule has 0 saturated carbocycles. The average molecular weight is 239 g/mol. The molecule has 1 heterocycles. The Morgan fingerprint density at radius 1 is 1.06 bits per heavy atom. The molecule has 0 saturated heterocycles. The molecule has 0 bridgehead atoms. The standard InChI is InChI=1S/C16H17NO/c1-2-5-13(6-3-1)12-18-15-9-8-14-7-4-10-17-16(14)11-15/h1-3,5-6,8-9,11,17H,4,7,10,12H2. The van der Waals surface area contributed by atoms with Crippen LogP contribution in [-0.4, -0.2) is 6.54 Å². The second-order valence-electron chi connectivity index (χ2n) is 4.62. The van der Waals surface area contributed by atoms with Crippen LogP contribution in [0.1, 0.15) is 17.5 Å². The van der Waals surface area contributed by atoms with E-state index in [0.717, 1.165) is 12.3 Å². The molecule has 0 atom stereocenters. The highest BCUT2D eigenvalue weighted by atomic mass is 16.5. The van der Waals surface area contributed by atoms with Gasteiger partial charge in [-0.25, -0.2) is 0 Å². The number of anilines is 1. The molecule has 0 spiro atoms. The van der Waals surface area contributed by atoms with Crippen LogP contribution < -0.4 is 10.1 Å². The summed E-state index contributed by atoms with van der Waals surface area (Å²) in [6.07, 6.45) is 2.39. The van der Waals surface area contributed by atoms with Gasteiger partial charge in [0.2, 0.25) is 0 Å². The predicted molar refractivity (Wildman–Crippen MR) is 74.0 cm³/mol. The molecule has 1 N–H and O–H groups in total. The second kappa shape index (κ2) is 5.13. The molecule has 2 aromatic rings. The zero-order valence-electron chi connectivity index (χ0n) is 10.4. The van der Waals surface area contributed by atoms with Crippen molar-refractivity contribution in [1.82, 2.24) is 0 Å². The Morgan fingerprint density at radius 3 is 2.83 bits per heavy atom. The van der Waals surface area contributed by atoms with E-state index in [2.05, 4.69) is 35.6 Å². The van der Waals surface area contributed by atoms with Gasteiger partial charge < -0.3 is 10.1 Å². The van der Waals surface area contributed by atoms with E-state index in [1.807, 2.05) is 18.2 Å². The Balaban J connectivity index is 1.70. The molecule has 92 valence electrons. The molecule has 1 aliphatic rings. The normalized spacial score (nSPS) is 13.6. The Kier molecular flexibility index (Phi) is 3.18. The number of hydrogen-bond acceptors (Lipinski definition) is 2. The summed E-state index contributed by atoms with van der Waals surface area (Å²) in [4.78, 5) is 0. The molecule has 2 aromatic carbocycles. The number of hydrogen-bond donors (Lipinski definition) is 1. The van der Waals surface area contributed by atoms with E-state index < -0.39 is 0 Å². The number of ether oxygens (including phenoxy) is 1. The second-order valence-corrected chi connectivity index (χ2v) is 4.62. The molecule has 2 nitrogen and oxygen atoms in total. The third-order valence-corrected chi connectivity index (χ3v) is 3.27. The van der Waals surface area contributed by atoms with Crippen molar-refractivity contribution < 1.29 is 4.74 Å². The van der Waals surface area contributed by atoms with Gasteiger partial charge in [-0.3, -0.25) is 0 Å². The quantitative estimate of drug-likeness (QED) is 0.883. The van der Waals surface area contributed by atoms with Crippen LogP contribution in [0.3, 0.4) is 0 Å². The van der Waals surface area contributed by atoms with Crippen molar-refractivity contribution in [1.29, 1.82) is 0 Å². The fourth-order valence-corrected chi connectivity index (χ4v) is 2.27. The van der Waals surface area contributed by atoms with Gasteiger partial charge in [-0.15, -0.1) is 0 Å². The maximum atomic E-state index is 5.82. The molecule has 0 radical (unpaired) electrons. The van der Waals surface area contributed by atoms with Crippen molar-refractivity contribution in [2.45, 2.75) is 19.4 Å². The van der Waals surface area contributed by atoms with Crippen molar-refractivity contribution in [3.05, 3.63) is 59.7 Å². The summed E-state index contributed by atoms with van der Waals surface area (Å²) in [5.74, 6) is 0.937. The smallest absolute Gasteiger partial charge is 0.121 e. The average Bonchev–Trinajstić information content (AvgIpc) is 2.46. The number of fused-ring (bicyclic) bond motifs is 1. The molecule has 0 unspecified atom stereocenters. The maximum absolute atomic E-state index is 5.82. The van der Waals surface area contributed by atoms with E-state index >= 15 is 0 Å². The lowest BCUT2D eigenvalue weighted by molar-refractivity contribution is 0.306. The van der Waals surface area contributed by atoms with Crippen molar-refractivity contribution in [3.63, 3.8) is 0 Å². The van der Waals surface area contributed by atoms with E-state index in [4.69, 9.17) is 4.74 Å². The summed E-state index contributed by atoms with van der Waals surface area (Å²) < 4.78 is 5.82. The Morgan fingerprint density at radius 2 is 1.94 bits per heavy atom. The summed E-state index contributed by atoms with van der Waals surface area (Å²) in [5.41, 5.74) is 3.82. The van der Waals surface area contributed by atoms with Crippen molar-refractivity contribution in [2.24, 2.45) is 0 Å². The Hall–Kier alpha value is -1.96. The monoisotopic (exact) mass is 239 g/mol. The molecule has 1 aliphatic heterocycles. The molecular weight excluding hydrogens is 222 g/mol. The van der Waals surface area contributed by atoms with Crippen LogP contribution >= 0.6 is 0 Å². The fourth-order valence-electron chi connectivity index (χ4n) is 2.27. The van der Waals surface area contributed by atoms with Gasteiger partial charge in [-0.05, 0) is 30.0 Å². The molecule has 3 rings (SSSR count). The zero-order chi connectivity index (χ0) is 12.2. The third-order valence-electron chi connectivity index (χ3n) is 3.27. The minimum atomic E-state index is 0.625. The summed E-state index contributed by atoms with van der Waals surface area (Å²) in [7, 11) is 0. The first-order valence-corrected chi connectivity index (χ1v) is 6.45. The van der Waals surface area contributed by atoms with Gasteiger partial charge in [0.25, 0.3) is 0 Å². The molecule has 0 fully saturated rings. The van der Waals surface area contributed by atoms with Crippen LogP contribution in [0.15, 0.2) is 48.5 Å². The van der Waals surface area contributed by atoms with E-state index in [9.17, 15) is 0 Å². The Bertz CT molecular complexity index is 522. The molecule has 0 aromatic heterocycles. The minimum Gasteiger partial charge on any atom is -0.489 e. The van der Waals surface area contributed by atoms with Crippen LogP contribution in [0.25, 0.3) is 0 Å². The lowest BCUT2D eigenvalue weighted by Crippen LogP contribution is -2.11. The first kappa shape index (κ1) is 11.1. The predicted octanol–water partition coefficient (Wildman–Crippen LogP) is 3.62. The highest BCUT2D eigenvalue weighted by Crippen LogP contribution is 2.26. The minimum absolute atomic E-state index is 0.625. The van der Waals surface area contributed by atoms with Gasteiger partial charge >= 0.3 is 0 Å². The number of nitrogens with one attached hydrogen (secondary N) is 1. The Labute approximate surface area is 108 Å². The molecule has 18 heavy (non-hydrogen) atoms. The zero-order valence-corrected chi connectivity index (χ0v) is 10.4. The molecule has 0 aliphatic carbocycles. The van der Waals surface area contributed by atoms with E-state index in [1.54, 1.807) is 0 Å². The van der Waals surface area contributed by atoms with Gasteiger partial charge in [0.05, 0.1) is 0 Å². The van der Waals surface area contributed by atoms with E-state index in [0.29, 0.717) is 6.61 Å². The maximum Gasteiger partial charge on any atom is 0.121 e. The van der Waals surface area contributed by atoms with Crippen LogP contribution in [0.2, 0.25) is 0 Å². The number of benzene rings is 2. The lowest BCUT2D eigenvalue weighted by atomic mass is 10.0. The van der Waals surface area contributed by atoms with Crippen LogP contribution in [-0.2, 0) is 13.0 Å². The highest BCUT2D eigenvalue weighted by Gasteiger charge is 2.08. The first-order chi connectivity index (χ1) is 8.92.